The van der Waals surface area contributed by atoms with Crippen LogP contribution in [-0.2, 0) is 37.1 Å². The lowest BCUT2D eigenvalue weighted by atomic mass is 10.1. The topological polar surface area (TPSA) is 104 Å². The summed E-state index contributed by atoms with van der Waals surface area (Å²) in [6.45, 7) is 1.82. The molecule has 0 unspecified atom stereocenters. The van der Waals surface area contributed by atoms with E-state index in [1.54, 1.807) is 73.5 Å². The Morgan fingerprint density at radius 2 is 1.44 bits per heavy atom. The fourth-order valence-electron chi connectivity index (χ4n) is 6.03. The number of nitrogens with zero attached hydrogens (tertiary/aromatic N) is 3. The van der Waals surface area contributed by atoms with Gasteiger partial charge in [0.2, 0.25) is 10.0 Å². The minimum Gasteiger partial charge on any atom is -0.497 e. The van der Waals surface area contributed by atoms with Crippen molar-refractivity contribution in [3.63, 3.8) is 0 Å². The van der Waals surface area contributed by atoms with Gasteiger partial charge in [0.1, 0.15) is 11.8 Å². The second-order valence-corrected chi connectivity index (χ2v) is 17.3. The molecule has 0 aliphatic carbocycles. The third kappa shape index (κ3) is 7.59. The van der Waals surface area contributed by atoms with Crippen molar-refractivity contribution in [2.75, 3.05) is 20.7 Å². The van der Waals surface area contributed by atoms with E-state index in [9.17, 15) is 21.6 Å². The van der Waals surface area contributed by atoms with E-state index in [2.05, 4.69) is 0 Å². The molecule has 1 fully saturated rings. The Hall–Kier alpha value is -4.20. The number of aryl methyl sites for hydroxylation is 1. The molecule has 0 radical (unpaired) electrons. The zero-order chi connectivity index (χ0) is 35.5. The van der Waals surface area contributed by atoms with Gasteiger partial charge in [0.25, 0.3) is 15.9 Å². The van der Waals surface area contributed by atoms with E-state index in [1.165, 1.54) is 23.5 Å². The van der Waals surface area contributed by atoms with Gasteiger partial charge in [-0.2, -0.15) is 16.1 Å². The zero-order valence-corrected chi connectivity index (χ0v) is 30.5. The maximum atomic E-state index is 14.6. The molecule has 5 aromatic rings. The second kappa shape index (κ2) is 15.0. The number of rotatable bonds is 12. The van der Waals surface area contributed by atoms with Crippen LogP contribution in [0.2, 0.25) is 0 Å². The Morgan fingerprint density at radius 3 is 2.12 bits per heavy atom. The molecule has 1 heterocycles. The third-order valence-corrected chi connectivity index (χ3v) is 13.9. The van der Waals surface area contributed by atoms with Gasteiger partial charge < -0.3 is 4.74 Å². The molecule has 260 valence electrons. The van der Waals surface area contributed by atoms with Crippen molar-refractivity contribution in [3.8, 4) is 5.75 Å². The summed E-state index contributed by atoms with van der Waals surface area (Å²) in [5.41, 5.74) is 2.59. The number of thioether (sulfide) groups is 1. The molecule has 5 aromatic carbocycles. The highest BCUT2D eigenvalue weighted by Gasteiger charge is 2.47. The van der Waals surface area contributed by atoms with Crippen molar-refractivity contribution < 1.29 is 26.4 Å². The number of carbonyl (C=O) groups is 1. The van der Waals surface area contributed by atoms with Crippen LogP contribution in [0.25, 0.3) is 10.8 Å². The molecule has 6 rings (SSSR count). The van der Waals surface area contributed by atoms with Crippen molar-refractivity contribution in [1.29, 1.82) is 0 Å². The average Bonchev–Trinajstić information content (AvgIpc) is 3.58. The Bertz CT molecular complexity index is 2180. The predicted molar refractivity (Wildman–Crippen MR) is 197 cm³/mol. The van der Waals surface area contributed by atoms with Crippen LogP contribution in [0.1, 0.15) is 23.1 Å². The van der Waals surface area contributed by atoms with Crippen molar-refractivity contribution >= 4 is 48.5 Å². The number of hydrazine groups is 1. The number of amides is 1. The molecule has 0 saturated carbocycles. The third-order valence-electron chi connectivity index (χ3n) is 8.89. The zero-order valence-electron chi connectivity index (χ0n) is 28.0. The van der Waals surface area contributed by atoms with E-state index in [4.69, 9.17) is 4.74 Å². The van der Waals surface area contributed by atoms with Crippen LogP contribution in [-0.4, -0.2) is 68.5 Å². The molecule has 0 N–H and O–H groups in total. The van der Waals surface area contributed by atoms with Crippen molar-refractivity contribution in [2.24, 2.45) is 0 Å². The smallest absolute Gasteiger partial charge is 0.260 e. The van der Waals surface area contributed by atoms with Gasteiger partial charge in [-0.1, -0.05) is 90.5 Å². The fraction of sp³-hybridized carbons (Fsp3) is 0.237. The van der Waals surface area contributed by atoms with Crippen LogP contribution in [0.5, 0.6) is 5.75 Å². The van der Waals surface area contributed by atoms with Gasteiger partial charge in [-0.05, 0) is 71.6 Å². The second-order valence-electron chi connectivity index (χ2n) is 12.3. The predicted octanol–water partition coefficient (Wildman–Crippen LogP) is 6.49. The Labute approximate surface area is 298 Å². The van der Waals surface area contributed by atoms with Crippen LogP contribution >= 0.6 is 11.8 Å². The molecular formula is C38H39N3O6S3. The summed E-state index contributed by atoms with van der Waals surface area (Å²) in [6, 6.07) is 34.4. The van der Waals surface area contributed by atoms with Gasteiger partial charge in [-0.25, -0.2) is 16.8 Å². The minimum absolute atomic E-state index is 0.0265. The number of benzene rings is 5. The number of likely N-dealkylation sites (N-methyl/N-ethyl adjacent to an activating group) is 1. The van der Waals surface area contributed by atoms with Gasteiger partial charge in [0.15, 0.2) is 0 Å². The molecule has 0 bridgehead atoms. The minimum atomic E-state index is -4.23. The summed E-state index contributed by atoms with van der Waals surface area (Å²) in [5.74, 6) is 0.701. The van der Waals surface area contributed by atoms with E-state index in [0.717, 1.165) is 37.1 Å². The van der Waals surface area contributed by atoms with Crippen LogP contribution in [0.15, 0.2) is 131 Å². The molecular weight excluding hydrogens is 691 g/mol. The van der Waals surface area contributed by atoms with Crippen molar-refractivity contribution in [1.82, 2.24) is 13.7 Å². The highest BCUT2D eigenvalue weighted by molar-refractivity contribution is 7.99. The number of hydrogen-bond donors (Lipinski definition) is 0. The molecule has 1 saturated heterocycles. The molecule has 1 aliphatic heterocycles. The first kappa shape index (κ1) is 35.6. The maximum absolute atomic E-state index is 14.6. The van der Waals surface area contributed by atoms with E-state index >= 15 is 0 Å². The fourth-order valence-corrected chi connectivity index (χ4v) is 10.4. The quantitative estimate of drug-likeness (QED) is 0.135. The van der Waals surface area contributed by atoms with Crippen LogP contribution < -0.4 is 4.74 Å². The van der Waals surface area contributed by atoms with Crippen molar-refractivity contribution in [3.05, 3.63) is 138 Å². The molecule has 0 spiro atoms. The molecule has 9 nitrogen and oxygen atoms in total. The molecule has 1 amide bonds. The average molecular weight is 730 g/mol. The molecule has 12 heteroatoms. The summed E-state index contributed by atoms with van der Waals surface area (Å²) in [6.07, 6.45) is 0.209. The number of sulfonamides is 2. The monoisotopic (exact) mass is 729 g/mol. The lowest BCUT2D eigenvalue weighted by Gasteiger charge is -2.34. The molecule has 50 heavy (non-hydrogen) atoms. The first-order chi connectivity index (χ1) is 24.0. The summed E-state index contributed by atoms with van der Waals surface area (Å²) in [4.78, 5) is 14.7. The van der Waals surface area contributed by atoms with Crippen LogP contribution in [0.4, 0.5) is 0 Å². The van der Waals surface area contributed by atoms with Crippen molar-refractivity contribution in [2.45, 2.75) is 46.7 Å². The number of fused-ring (bicyclic) bond motifs is 1. The first-order valence-electron chi connectivity index (χ1n) is 16.1. The van der Waals surface area contributed by atoms with E-state index < -0.39 is 32.0 Å². The summed E-state index contributed by atoms with van der Waals surface area (Å²) in [7, 11) is -5.40. The lowest BCUT2D eigenvalue weighted by molar-refractivity contribution is -0.143. The van der Waals surface area contributed by atoms with Gasteiger partial charge in [-0.3, -0.25) is 9.80 Å². The van der Waals surface area contributed by atoms with E-state index in [0.29, 0.717) is 11.3 Å². The summed E-state index contributed by atoms with van der Waals surface area (Å²) < 4.78 is 64.8. The summed E-state index contributed by atoms with van der Waals surface area (Å²) >= 11 is 1.57. The first-order valence-corrected chi connectivity index (χ1v) is 20.1. The van der Waals surface area contributed by atoms with Gasteiger partial charge in [0.05, 0.1) is 23.4 Å². The Kier molecular flexibility index (Phi) is 10.7. The highest BCUT2D eigenvalue weighted by atomic mass is 32.2. The largest absolute Gasteiger partial charge is 0.497 e. The Balaban J connectivity index is 1.35. The molecule has 2 atom stereocenters. The number of carbonyl (C=O) groups excluding carboxylic acids is 1. The molecule has 1 aliphatic rings. The van der Waals surface area contributed by atoms with Gasteiger partial charge in [-0.15, -0.1) is 4.41 Å². The highest BCUT2D eigenvalue weighted by Crippen LogP contribution is 2.36. The van der Waals surface area contributed by atoms with E-state index in [1.807, 2.05) is 61.5 Å². The SMILES string of the molecule is COc1ccc(CS[C@@H]2C[C@@H](C(=O)N(C)N(Cc3ccccc3)S(=O)(=O)c3ccc(C)cc3)N(S(=O)(=O)c3ccc4ccccc4c3)C2)cc1. The summed E-state index contributed by atoms with van der Waals surface area (Å²) in [5, 5.41) is 2.50. The maximum Gasteiger partial charge on any atom is 0.260 e. The number of ether oxygens (including phenoxy) is 1. The number of methoxy groups -OCH3 is 1. The molecule has 0 aromatic heterocycles. The Morgan fingerprint density at radius 1 is 0.800 bits per heavy atom. The standard InChI is InChI=1S/C38H39N3O6S3/c1-28-13-20-35(21-14-28)50(45,46)41(25-29-9-5-4-6-10-29)39(2)38(42)37-24-34(48-27-30-15-18-33(47-3)19-16-30)26-40(37)49(43,44)36-22-17-31-11-7-8-12-32(31)23-36/h4-23,34,37H,24-27H2,1-3H3/t34-,37+/m1/s1. The van der Waals surface area contributed by atoms with Gasteiger partial charge >= 0.3 is 0 Å². The normalized spacial score (nSPS) is 16.9. The van der Waals surface area contributed by atoms with E-state index in [-0.39, 0.29) is 34.6 Å². The van der Waals surface area contributed by atoms with Crippen LogP contribution in [0, 0.1) is 6.92 Å². The van der Waals surface area contributed by atoms with Gasteiger partial charge in [0, 0.05) is 24.6 Å². The van der Waals surface area contributed by atoms with Crippen LogP contribution in [0.3, 0.4) is 0 Å². The lowest BCUT2D eigenvalue weighted by Crippen LogP contribution is -2.53. The number of hydrogen-bond acceptors (Lipinski definition) is 7.